The molecule has 1 heterocycles. The highest BCUT2D eigenvalue weighted by atomic mass is 35.5. The summed E-state index contributed by atoms with van der Waals surface area (Å²) in [5.74, 6) is 0.691. The number of aromatic hydroxyl groups is 1. The summed E-state index contributed by atoms with van der Waals surface area (Å²) in [5.41, 5.74) is 0.719. The molecule has 0 unspecified atom stereocenters. The predicted octanol–water partition coefficient (Wildman–Crippen LogP) is 3.05. The number of phenols is 1. The van der Waals surface area contributed by atoms with Gasteiger partial charge in [-0.1, -0.05) is 31.5 Å². The van der Waals surface area contributed by atoms with Crippen molar-refractivity contribution in [1.29, 1.82) is 0 Å². The van der Waals surface area contributed by atoms with Gasteiger partial charge in [0.1, 0.15) is 11.3 Å². The lowest BCUT2D eigenvalue weighted by molar-refractivity contribution is 0.461. The zero-order chi connectivity index (χ0) is 11.0. The van der Waals surface area contributed by atoms with Gasteiger partial charge in [-0.2, -0.15) is 5.10 Å². The van der Waals surface area contributed by atoms with Gasteiger partial charge in [-0.15, -0.1) is 0 Å². The largest absolute Gasteiger partial charge is 0.506 e. The normalized spacial score (nSPS) is 11.5. The Morgan fingerprint density at radius 3 is 2.87 bits per heavy atom. The molecule has 80 valence electrons. The van der Waals surface area contributed by atoms with Crippen LogP contribution in [-0.4, -0.2) is 14.9 Å². The molecule has 0 fully saturated rings. The number of fused-ring (bicyclic) bond motifs is 1. The van der Waals surface area contributed by atoms with Crippen molar-refractivity contribution in [2.75, 3.05) is 0 Å². The maximum atomic E-state index is 9.76. The van der Waals surface area contributed by atoms with Gasteiger partial charge in [-0.05, 0) is 18.1 Å². The number of para-hydroxylation sites is 1. The number of benzene rings is 1. The fraction of sp³-hybridized carbons (Fsp3) is 0.364. The Hall–Kier alpha value is -1.22. The average Bonchev–Trinajstić information content (AvgIpc) is 2.44. The van der Waals surface area contributed by atoms with Crippen molar-refractivity contribution in [2.24, 2.45) is 5.92 Å². The highest BCUT2D eigenvalue weighted by Gasteiger charge is 2.12. The van der Waals surface area contributed by atoms with Crippen LogP contribution in [0.5, 0.6) is 5.75 Å². The molecule has 0 atom stereocenters. The molecule has 0 amide bonds. The smallest absolute Gasteiger partial charge is 0.159 e. The van der Waals surface area contributed by atoms with Crippen LogP contribution in [0.25, 0.3) is 10.9 Å². The summed E-state index contributed by atoms with van der Waals surface area (Å²) in [6, 6.07) is 5.28. The van der Waals surface area contributed by atoms with E-state index in [0.29, 0.717) is 11.1 Å². The topological polar surface area (TPSA) is 38.0 Å². The van der Waals surface area contributed by atoms with E-state index in [1.54, 1.807) is 16.8 Å². The number of halogens is 1. The number of hydrogen-bond acceptors (Lipinski definition) is 2. The highest BCUT2D eigenvalue weighted by Crippen LogP contribution is 2.29. The van der Waals surface area contributed by atoms with E-state index in [4.69, 9.17) is 11.6 Å². The molecule has 2 aromatic rings. The average molecular weight is 225 g/mol. The van der Waals surface area contributed by atoms with Gasteiger partial charge in [-0.3, -0.25) is 4.68 Å². The first-order valence-corrected chi connectivity index (χ1v) is 5.31. The molecule has 0 radical (unpaired) electrons. The molecule has 1 aromatic carbocycles. The summed E-state index contributed by atoms with van der Waals surface area (Å²) in [7, 11) is 0. The van der Waals surface area contributed by atoms with Crippen LogP contribution in [0.2, 0.25) is 5.15 Å². The lowest BCUT2D eigenvalue weighted by atomic mass is 10.2. The molecule has 0 saturated heterocycles. The van der Waals surface area contributed by atoms with E-state index in [1.807, 2.05) is 6.07 Å². The van der Waals surface area contributed by atoms with E-state index in [1.165, 1.54) is 0 Å². The lowest BCUT2D eigenvalue weighted by Gasteiger charge is -2.06. The van der Waals surface area contributed by atoms with Crippen LogP contribution in [0.4, 0.5) is 0 Å². The first-order valence-electron chi connectivity index (χ1n) is 4.93. The molecule has 1 aromatic heterocycles. The van der Waals surface area contributed by atoms with Crippen LogP contribution in [-0.2, 0) is 6.54 Å². The lowest BCUT2D eigenvalue weighted by Crippen LogP contribution is -2.05. The van der Waals surface area contributed by atoms with E-state index < -0.39 is 0 Å². The van der Waals surface area contributed by atoms with Crippen molar-refractivity contribution in [3.63, 3.8) is 0 Å². The second kappa shape index (κ2) is 3.74. The Balaban J connectivity index is 2.65. The van der Waals surface area contributed by atoms with Crippen molar-refractivity contribution in [3.8, 4) is 5.75 Å². The van der Waals surface area contributed by atoms with Crippen LogP contribution in [0.15, 0.2) is 18.2 Å². The second-order valence-corrected chi connectivity index (χ2v) is 4.40. The van der Waals surface area contributed by atoms with E-state index in [0.717, 1.165) is 17.4 Å². The number of nitrogens with zero attached hydrogens (tertiary/aromatic N) is 2. The van der Waals surface area contributed by atoms with Gasteiger partial charge in [0.05, 0.1) is 0 Å². The van der Waals surface area contributed by atoms with Gasteiger partial charge >= 0.3 is 0 Å². The molecule has 2 rings (SSSR count). The quantitative estimate of drug-likeness (QED) is 0.852. The Kier molecular flexibility index (Phi) is 2.57. The van der Waals surface area contributed by atoms with Crippen molar-refractivity contribution >= 4 is 22.5 Å². The third kappa shape index (κ3) is 1.79. The predicted molar refractivity (Wildman–Crippen MR) is 61.2 cm³/mol. The van der Waals surface area contributed by atoms with Crippen molar-refractivity contribution in [3.05, 3.63) is 23.4 Å². The minimum Gasteiger partial charge on any atom is -0.506 e. The molecule has 0 saturated carbocycles. The van der Waals surface area contributed by atoms with Crippen LogP contribution in [0.3, 0.4) is 0 Å². The minimum absolute atomic E-state index is 0.229. The van der Waals surface area contributed by atoms with E-state index in [9.17, 15) is 5.11 Å². The van der Waals surface area contributed by atoms with Crippen LogP contribution < -0.4 is 0 Å². The molecular weight excluding hydrogens is 212 g/mol. The maximum Gasteiger partial charge on any atom is 0.159 e. The molecule has 15 heavy (non-hydrogen) atoms. The van der Waals surface area contributed by atoms with Gasteiger partial charge < -0.3 is 5.11 Å². The summed E-state index contributed by atoms with van der Waals surface area (Å²) >= 11 is 5.99. The summed E-state index contributed by atoms with van der Waals surface area (Å²) in [5, 5.41) is 15.2. The van der Waals surface area contributed by atoms with Crippen molar-refractivity contribution in [2.45, 2.75) is 20.4 Å². The summed E-state index contributed by atoms with van der Waals surface area (Å²) < 4.78 is 1.76. The third-order valence-electron chi connectivity index (χ3n) is 2.24. The van der Waals surface area contributed by atoms with Crippen molar-refractivity contribution < 1.29 is 5.11 Å². The Bertz CT molecular complexity index is 491. The van der Waals surface area contributed by atoms with Gasteiger partial charge in [0.25, 0.3) is 0 Å². The Morgan fingerprint density at radius 2 is 2.20 bits per heavy atom. The first kappa shape index (κ1) is 10.3. The summed E-state index contributed by atoms with van der Waals surface area (Å²) in [4.78, 5) is 0. The van der Waals surface area contributed by atoms with Gasteiger partial charge in [-0.25, -0.2) is 0 Å². The van der Waals surface area contributed by atoms with Crippen LogP contribution in [0.1, 0.15) is 13.8 Å². The molecule has 0 aliphatic heterocycles. The number of phenolic OH excluding ortho intramolecular Hbond substituents is 1. The highest BCUT2D eigenvalue weighted by molar-refractivity contribution is 6.34. The number of aromatic nitrogens is 2. The molecule has 4 heteroatoms. The zero-order valence-corrected chi connectivity index (χ0v) is 9.49. The maximum absolute atomic E-state index is 9.76. The summed E-state index contributed by atoms with van der Waals surface area (Å²) in [6.45, 7) is 4.95. The molecule has 0 spiro atoms. The fourth-order valence-electron chi connectivity index (χ4n) is 1.66. The van der Waals surface area contributed by atoms with E-state index >= 15 is 0 Å². The minimum atomic E-state index is 0.229. The second-order valence-electron chi connectivity index (χ2n) is 4.04. The van der Waals surface area contributed by atoms with E-state index in [-0.39, 0.29) is 5.75 Å². The molecule has 0 aliphatic rings. The SMILES string of the molecule is CC(C)Cn1nc(Cl)c2cccc(O)c21. The van der Waals surface area contributed by atoms with Gasteiger partial charge in [0, 0.05) is 11.9 Å². The van der Waals surface area contributed by atoms with Crippen LogP contribution in [0, 0.1) is 5.92 Å². The fourth-order valence-corrected chi connectivity index (χ4v) is 1.90. The number of rotatable bonds is 2. The Morgan fingerprint density at radius 1 is 1.47 bits per heavy atom. The molecule has 3 nitrogen and oxygen atoms in total. The third-order valence-corrected chi connectivity index (χ3v) is 2.52. The van der Waals surface area contributed by atoms with Gasteiger partial charge in [0.15, 0.2) is 5.15 Å². The monoisotopic (exact) mass is 224 g/mol. The van der Waals surface area contributed by atoms with Crippen molar-refractivity contribution in [1.82, 2.24) is 9.78 Å². The first-order chi connectivity index (χ1) is 7.09. The van der Waals surface area contributed by atoms with Crippen LogP contribution >= 0.6 is 11.6 Å². The summed E-state index contributed by atoms with van der Waals surface area (Å²) in [6.07, 6.45) is 0. The number of hydrogen-bond donors (Lipinski definition) is 1. The molecular formula is C11H13ClN2O. The van der Waals surface area contributed by atoms with Gasteiger partial charge in [0.2, 0.25) is 0 Å². The molecule has 0 aliphatic carbocycles. The Labute approximate surface area is 93.3 Å². The van der Waals surface area contributed by atoms with E-state index in [2.05, 4.69) is 18.9 Å². The molecule has 0 bridgehead atoms. The zero-order valence-electron chi connectivity index (χ0n) is 8.74. The standard InChI is InChI=1S/C11H13ClN2O/c1-7(2)6-14-10-8(11(12)13-14)4-3-5-9(10)15/h3-5,7,15H,6H2,1-2H3. The molecule has 1 N–H and O–H groups in total.